The maximum atomic E-state index is 12.9. The molecule has 0 aliphatic carbocycles. The molecule has 0 spiro atoms. The standard InChI is InChI=1S/C20H18N4O3S/c1-3-27-14-8-6-13(7-9-14)23-18(25)12(2)24-11-22-16-15-5-4-10-21-19(15)28-17(16)20(24)26/h4-12H,3H2,1-2H3,(H,23,25)/t12-/m1/s1. The van der Waals surface area contributed by atoms with E-state index in [0.29, 0.717) is 22.5 Å². The van der Waals surface area contributed by atoms with Crippen LogP contribution in [0.3, 0.4) is 0 Å². The lowest BCUT2D eigenvalue weighted by Gasteiger charge is -2.15. The number of fused-ring (bicyclic) bond motifs is 3. The Morgan fingerprint density at radius 2 is 2.04 bits per heavy atom. The number of rotatable bonds is 5. The number of hydrogen-bond donors (Lipinski definition) is 1. The predicted octanol–water partition coefficient (Wildman–Crippen LogP) is 3.60. The first-order valence-corrected chi connectivity index (χ1v) is 9.68. The molecular formula is C20H18N4O3S. The highest BCUT2D eigenvalue weighted by atomic mass is 32.1. The second kappa shape index (κ2) is 7.40. The van der Waals surface area contributed by atoms with Gasteiger partial charge in [-0.25, -0.2) is 9.97 Å². The van der Waals surface area contributed by atoms with E-state index in [1.807, 2.05) is 19.1 Å². The summed E-state index contributed by atoms with van der Waals surface area (Å²) in [6.07, 6.45) is 3.11. The van der Waals surface area contributed by atoms with Gasteiger partial charge in [0.1, 0.15) is 21.3 Å². The largest absolute Gasteiger partial charge is 0.494 e. The zero-order valence-electron chi connectivity index (χ0n) is 15.4. The van der Waals surface area contributed by atoms with Gasteiger partial charge >= 0.3 is 0 Å². The van der Waals surface area contributed by atoms with Gasteiger partial charge < -0.3 is 10.1 Å². The third-order valence-corrected chi connectivity index (χ3v) is 5.50. The van der Waals surface area contributed by atoms with Crippen LogP contribution >= 0.6 is 11.3 Å². The molecule has 28 heavy (non-hydrogen) atoms. The van der Waals surface area contributed by atoms with Crippen LogP contribution in [0.15, 0.2) is 53.7 Å². The normalized spacial score (nSPS) is 12.2. The molecule has 0 aliphatic heterocycles. The van der Waals surface area contributed by atoms with Crippen molar-refractivity contribution in [3.8, 4) is 5.75 Å². The molecule has 0 aliphatic rings. The third kappa shape index (κ3) is 3.22. The summed E-state index contributed by atoms with van der Waals surface area (Å²) in [6.45, 7) is 4.16. The van der Waals surface area contributed by atoms with E-state index in [-0.39, 0.29) is 11.5 Å². The van der Waals surface area contributed by atoms with Gasteiger partial charge in [-0.2, -0.15) is 0 Å². The molecule has 3 heterocycles. The van der Waals surface area contributed by atoms with Crippen LogP contribution in [0.1, 0.15) is 19.9 Å². The Morgan fingerprint density at radius 1 is 1.25 bits per heavy atom. The van der Waals surface area contributed by atoms with Gasteiger partial charge in [-0.3, -0.25) is 14.2 Å². The maximum absolute atomic E-state index is 12.9. The summed E-state index contributed by atoms with van der Waals surface area (Å²) in [5.41, 5.74) is 1.00. The molecule has 3 aromatic heterocycles. The van der Waals surface area contributed by atoms with Crippen LogP contribution < -0.4 is 15.6 Å². The molecule has 1 amide bonds. The molecule has 0 unspecified atom stereocenters. The molecule has 1 atom stereocenters. The monoisotopic (exact) mass is 394 g/mol. The van der Waals surface area contributed by atoms with Crippen molar-refractivity contribution in [1.82, 2.24) is 14.5 Å². The van der Waals surface area contributed by atoms with Crippen molar-refractivity contribution < 1.29 is 9.53 Å². The molecule has 0 saturated carbocycles. The van der Waals surface area contributed by atoms with Gasteiger partial charge in [0.25, 0.3) is 5.56 Å². The van der Waals surface area contributed by atoms with Crippen molar-refractivity contribution in [2.24, 2.45) is 0 Å². The van der Waals surface area contributed by atoms with E-state index < -0.39 is 6.04 Å². The smallest absolute Gasteiger partial charge is 0.272 e. The lowest BCUT2D eigenvalue weighted by atomic mass is 10.2. The van der Waals surface area contributed by atoms with E-state index in [2.05, 4.69) is 15.3 Å². The van der Waals surface area contributed by atoms with Gasteiger partial charge in [-0.05, 0) is 50.2 Å². The molecule has 0 radical (unpaired) electrons. The number of thiophene rings is 1. The average molecular weight is 394 g/mol. The second-order valence-corrected chi connectivity index (χ2v) is 7.21. The van der Waals surface area contributed by atoms with Crippen LogP contribution in [-0.2, 0) is 4.79 Å². The van der Waals surface area contributed by atoms with Gasteiger partial charge in [0.05, 0.1) is 18.5 Å². The molecule has 0 saturated heterocycles. The van der Waals surface area contributed by atoms with Crippen molar-refractivity contribution >= 4 is 43.4 Å². The number of hydrogen-bond acceptors (Lipinski definition) is 6. The number of aromatic nitrogens is 3. The summed E-state index contributed by atoms with van der Waals surface area (Å²) in [4.78, 5) is 35.0. The molecular weight excluding hydrogens is 376 g/mol. The molecule has 0 fully saturated rings. The van der Waals surface area contributed by atoms with E-state index in [1.54, 1.807) is 37.4 Å². The summed E-state index contributed by atoms with van der Waals surface area (Å²) < 4.78 is 7.24. The molecule has 4 rings (SSSR count). The number of amides is 1. The van der Waals surface area contributed by atoms with E-state index in [0.717, 1.165) is 16.0 Å². The van der Waals surface area contributed by atoms with Gasteiger partial charge in [-0.15, -0.1) is 11.3 Å². The molecule has 8 heteroatoms. The van der Waals surface area contributed by atoms with E-state index >= 15 is 0 Å². The summed E-state index contributed by atoms with van der Waals surface area (Å²) >= 11 is 1.29. The van der Waals surface area contributed by atoms with E-state index in [1.165, 1.54) is 22.2 Å². The summed E-state index contributed by atoms with van der Waals surface area (Å²) in [6, 6.07) is 10.1. The Hall–Kier alpha value is -3.26. The molecule has 7 nitrogen and oxygen atoms in total. The molecule has 142 valence electrons. The minimum absolute atomic E-state index is 0.248. The fraction of sp³-hybridized carbons (Fsp3) is 0.200. The number of carbonyl (C=O) groups is 1. The highest BCUT2D eigenvalue weighted by Gasteiger charge is 2.20. The summed E-state index contributed by atoms with van der Waals surface area (Å²) in [5.74, 6) is 0.435. The lowest BCUT2D eigenvalue weighted by Crippen LogP contribution is -2.31. The van der Waals surface area contributed by atoms with Crippen LogP contribution in [0.2, 0.25) is 0 Å². The Bertz CT molecular complexity index is 1210. The zero-order valence-corrected chi connectivity index (χ0v) is 16.2. The quantitative estimate of drug-likeness (QED) is 0.559. The zero-order chi connectivity index (χ0) is 19.7. The number of ether oxygens (including phenoxy) is 1. The number of pyridine rings is 1. The van der Waals surface area contributed by atoms with Crippen LogP contribution in [0, 0.1) is 0 Å². The van der Waals surface area contributed by atoms with Gasteiger partial charge in [0.2, 0.25) is 5.91 Å². The van der Waals surface area contributed by atoms with Crippen molar-refractivity contribution in [2.45, 2.75) is 19.9 Å². The maximum Gasteiger partial charge on any atom is 0.272 e. The SMILES string of the molecule is CCOc1ccc(NC(=O)[C@@H](C)n2cnc3c(sc4ncccc43)c2=O)cc1. The fourth-order valence-electron chi connectivity index (χ4n) is 2.93. The number of nitrogens with one attached hydrogen (secondary N) is 1. The topological polar surface area (TPSA) is 86.1 Å². The van der Waals surface area contributed by atoms with Crippen LogP contribution in [0.5, 0.6) is 5.75 Å². The summed E-state index contributed by atoms with van der Waals surface area (Å²) in [7, 11) is 0. The minimum Gasteiger partial charge on any atom is -0.494 e. The third-order valence-electron chi connectivity index (χ3n) is 4.41. The fourth-order valence-corrected chi connectivity index (χ4v) is 3.97. The Balaban J connectivity index is 1.61. The van der Waals surface area contributed by atoms with Crippen LogP contribution in [0.4, 0.5) is 5.69 Å². The number of benzene rings is 1. The first-order chi connectivity index (χ1) is 13.6. The van der Waals surface area contributed by atoms with Gasteiger partial charge in [0.15, 0.2) is 0 Å². The summed E-state index contributed by atoms with van der Waals surface area (Å²) in [5, 5.41) is 3.67. The number of anilines is 1. The Labute approximate surface area is 164 Å². The number of carbonyl (C=O) groups excluding carboxylic acids is 1. The van der Waals surface area contributed by atoms with E-state index in [9.17, 15) is 9.59 Å². The lowest BCUT2D eigenvalue weighted by molar-refractivity contribution is -0.118. The first-order valence-electron chi connectivity index (χ1n) is 8.86. The molecule has 1 N–H and O–H groups in total. The van der Waals surface area contributed by atoms with Gasteiger partial charge in [0, 0.05) is 17.3 Å². The average Bonchev–Trinajstić information content (AvgIpc) is 3.09. The van der Waals surface area contributed by atoms with E-state index in [4.69, 9.17) is 4.74 Å². The predicted molar refractivity (Wildman–Crippen MR) is 110 cm³/mol. The van der Waals surface area contributed by atoms with Crippen LogP contribution in [0.25, 0.3) is 20.4 Å². The number of nitrogens with zero attached hydrogens (tertiary/aromatic N) is 3. The first kappa shape index (κ1) is 18.1. The van der Waals surface area contributed by atoms with Crippen LogP contribution in [-0.4, -0.2) is 27.0 Å². The van der Waals surface area contributed by atoms with Crippen molar-refractivity contribution in [2.75, 3.05) is 11.9 Å². The molecule has 0 bridgehead atoms. The molecule has 1 aromatic carbocycles. The Morgan fingerprint density at radius 3 is 2.79 bits per heavy atom. The van der Waals surface area contributed by atoms with Crippen molar-refractivity contribution in [3.63, 3.8) is 0 Å². The van der Waals surface area contributed by atoms with Crippen molar-refractivity contribution in [3.05, 3.63) is 59.3 Å². The van der Waals surface area contributed by atoms with Crippen molar-refractivity contribution in [1.29, 1.82) is 0 Å². The minimum atomic E-state index is -0.714. The second-order valence-electron chi connectivity index (χ2n) is 6.22. The molecule has 4 aromatic rings. The highest BCUT2D eigenvalue weighted by Crippen LogP contribution is 2.28. The highest BCUT2D eigenvalue weighted by molar-refractivity contribution is 7.25. The Kier molecular flexibility index (Phi) is 4.79. The van der Waals surface area contributed by atoms with Gasteiger partial charge in [-0.1, -0.05) is 0 Å².